The molecule has 102 valence electrons. The second-order valence-corrected chi connectivity index (χ2v) is 4.62. The molecule has 0 aliphatic rings. The van der Waals surface area contributed by atoms with Gasteiger partial charge in [-0.3, -0.25) is 4.98 Å². The van der Waals surface area contributed by atoms with Gasteiger partial charge in [0.15, 0.2) is 0 Å². The van der Waals surface area contributed by atoms with Crippen molar-refractivity contribution in [3.05, 3.63) is 42.0 Å². The molecule has 1 unspecified atom stereocenters. The van der Waals surface area contributed by atoms with E-state index in [4.69, 9.17) is 4.74 Å². The average molecular weight is 260 g/mol. The van der Waals surface area contributed by atoms with Crippen LogP contribution in [0.4, 0.5) is 5.95 Å². The first-order chi connectivity index (χ1) is 9.22. The van der Waals surface area contributed by atoms with Gasteiger partial charge in [0.05, 0.1) is 12.6 Å². The van der Waals surface area contributed by atoms with Gasteiger partial charge in [-0.15, -0.1) is 0 Å². The van der Waals surface area contributed by atoms with Crippen molar-refractivity contribution in [3.8, 4) is 0 Å². The quantitative estimate of drug-likeness (QED) is 0.866. The number of methoxy groups -OCH3 is 1. The molecule has 0 spiro atoms. The van der Waals surface area contributed by atoms with Crippen LogP contribution < -0.4 is 5.32 Å². The van der Waals surface area contributed by atoms with Crippen molar-refractivity contribution in [2.75, 3.05) is 19.0 Å². The fourth-order valence-electron chi connectivity index (χ4n) is 1.98. The van der Waals surface area contributed by atoms with Gasteiger partial charge in [-0.1, -0.05) is 0 Å². The first-order valence-corrected chi connectivity index (χ1v) is 6.37. The van der Waals surface area contributed by atoms with Crippen molar-refractivity contribution in [1.29, 1.82) is 0 Å². The molecule has 2 aromatic heterocycles. The summed E-state index contributed by atoms with van der Waals surface area (Å²) in [4.78, 5) is 8.49. The monoisotopic (exact) mass is 260 g/mol. The van der Waals surface area contributed by atoms with Gasteiger partial charge in [0, 0.05) is 38.4 Å². The lowest BCUT2D eigenvalue weighted by atomic mass is 10.2. The van der Waals surface area contributed by atoms with E-state index in [1.165, 1.54) is 11.1 Å². The minimum atomic E-state index is 0.255. The molecule has 1 atom stereocenters. The zero-order chi connectivity index (χ0) is 13.7. The minimum Gasteiger partial charge on any atom is -0.383 e. The van der Waals surface area contributed by atoms with E-state index in [0.717, 1.165) is 12.5 Å². The Morgan fingerprint density at radius 1 is 1.42 bits per heavy atom. The molecule has 0 aliphatic heterocycles. The topological polar surface area (TPSA) is 52.0 Å². The van der Waals surface area contributed by atoms with E-state index in [0.29, 0.717) is 6.61 Å². The predicted molar refractivity (Wildman–Crippen MR) is 75.1 cm³/mol. The third-order valence-corrected chi connectivity index (χ3v) is 3.14. The minimum absolute atomic E-state index is 0.255. The molecular weight excluding hydrogens is 240 g/mol. The van der Waals surface area contributed by atoms with Crippen LogP contribution in [0.25, 0.3) is 0 Å². The molecule has 0 radical (unpaired) electrons. The van der Waals surface area contributed by atoms with Crippen molar-refractivity contribution in [3.63, 3.8) is 0 Å². The van der Waals surface area contributed by atoms with Gasteiger partial charge >= 0.3 is 0 Å². The number of pyridine rings is 1. The van der Waals surface area contributed by atoms with Gasteiger partial charge in [0.1, 0.15) is 0 Å². The molecule has 0 saturated heterocycles. The maximum Gasteiger partial charge on any atom is 0.203 e. The van der Waals surface area contributed by atoms with E-state index in [1.54, 1.807) is 19.5 Å². The van der Waals surface area contributed by atoms with E-state index in [1.807, 2.05) is 18.5 Å². The summed E-state index contributed by atoms with van der Waals surface area (Å²) in [5, 5.41) is 3.35. The van der Waals surface area contributed by atoms with Crippen LogP contribution >= 0.6 is 0 Å². The van der Waals surface area contributed by atoms with Crippen molar-refractivity contribution in [2.24, 2.45) is 0 Å². The lowest BCUT2D eigenvalue weighted by Gasteiger charge is -2.16. The summed E-state index contributed by atoms with van der Waals surface area (Å²) < 4.78 is 7.26. The summed E-state index contributed by atoms with van der Waals surface area (Å²) in [5.74, 6) is 0.854. The van der Waals surface area contributed by atoms with Crippen LogP contribution in [0.5, 0.6) is 0 Å². The Morgan fingerprint density at radius 2 is 2.26 bits per heavy atom. The molecular formula is C14H20N4O. The molecule has 0 aliphatic carbocycles. The van der Waals surface area contributed by atoms with Crippen LogP contribution in [0.3, 0.4) is 0 Å². The standard InChI is InChI=1S/C14H20N4O/c1-11-4-5-15-8-13(11)9-17-14-16-6-7-18(14)12(2)10-19-3/h4-8,12H,9-10H2,1-3H3,(H,16,17). The number of imidazole rings is 1. The van der Waals surface area contributed by atoms with Gasteiger partial charge in [0.25, 0.3) is 0 Å². The predicted octanol–water partition coefficient (Wildman–Crippen LogP) is 2.41. The summed E-state index contributed by atoms with van der Waals surface area (Å²) in [6.45, 7) is 5.57. The van der Waals surface area contributed by atoms with Crippen LogP contribution in [-0.4, -0.2) is 28.3 Å². The van der Waals surface area contributed by atoms with Gasteiger partial charge in [0.2, 0.25) is 5.95 Å². The van der Waals surface area contributed by atoms with Gasteiger partial charge in [-0.25, -0.2) is 4.98 Å². The van der Waals surface area contributed by atoms with Crippen LogP contribution in [0.1, 0.15) is 24.1 Å². The van der Waals surface area contributed by atoms with E-state index >= 15 is 0 Å². The van der Waals surface area contributed by atoms with Crippen LogP contribution in [-0.2, 0) is 11.3 Å². The van der Waals surface area contributed by atoms with Crippen molar-refractivity contribution in [2.45, 2.75) is 26.4 Å². The Balaban J connectivity index is 2.04. The van der Waals surface area contributed by atoms with E-state index in [9.17, 15) is 0 Å². The number of ether oxygens (including phenoxy) is 1. The molecule has 5 nitrogen and oxygen atoms in total. The largest absolute Gasteiger partial charge is 0.383 e. The molecule has 0 saturated carbocycles. The molecule has 0 amide bonds. The summed E-state index contributed by atoms with van der Waals surface area (Å²) in [6.07, 6.45) is 7.45. The summed E-state index contributed by atoms with van der Waals surface area (Å²) >= 11 is 0. The van der Waals surface area contributed by atoms with E-state index < -0.39 is 0 Å². The maximum absolute atomic E-state index is 5.18. The van der Waals surface area contributed by atoms with Crippen LogP contribution in [0.2, 0.25) is 0 Å². The fraction of sp³-hybridized carbons (Fsp3) is 0.429. The second kappa shape index (κ2) is 6.33. The van der Waals surface area contributed by atoms with Crippen LogP contribution in [0.15, 0.2) is 30.9 Å². The van der Waals surface area contributed by atoms with E-state index in [2.05, 4.69) is 33.7 Å². The van der Waals surface area contributed by atoms with Gasteiger partial charge < -0.3 is 14.6 Å². The zero-order valence-corrected chi connectivity index (χ0v) is 11.6. The molecule has 1 N–H and O–H groups in total. The molecule has 0 fully saturated rings. The highest BCUT2D eigenvalue weighted by molar-refractivity contribution is 5.31. The van der Waals surface area contributed by atoms with E-state index in [-0.39, 0.29) is 6.04 Å². The summed E-state index contributed by atoms with van der Waals surface area (Å²) in [6, 6.07) is 2.27. The Labute approximate surface area is 113 Å². The van der Waals surface area contributed by atoms with Gasteiger partial charge in [-0.2, -0.15) is 0 Å². The number of aromatic nitrogens is 3. The third-order valence-electron chi connectivity index (χ3n) is 3.14. The first-order valence-electron chi connectivity index (χ1n) is 6.37. The number of aryl methyl sites for hydroxylation is 1. The Morgan fingerprint density at radius 3 is 3.00 bits per heavy atom. The fourth-order valence-corrected chi connectivity index (χ4v) is 1.98. The average Bonchev–Trinajstić information content (AvgIpc) is 2.86. The molecule has 5 heteroatoms. The highest BCUT2D eigenvalue weighted by Crippen LogP contribution is 2.15. The lowest BCUT2D eigenvalue weighted by Crippen LogP contribution is -2.14. The molecule has 2 rings (SSSR count). The first kappa shape index (κ1) is 13.5. The zero-order valence-electron chi connectivity index (χ0n) is 11.6. The Hall–Kier alpha value is -1.88. The molecule has 19 heavy (non-hydrogen) atoms. The Kier molecular flexibility index (Phi) is 4.52. The normalized spacial score (nSPS) is 12.4. The van der Waals surface area contributed by atoms with Crippen molar-refractivity contribution in [1.82, 2.24) is 14.5 Å². The summed E-state index contributed by atoms with van der Waals surface area (Å²) in [7, 11) is 1.71. The highest BCUT2D eigenvalue weighted by Gasteiger charge is 2.09. The van der Waals surface area contributed by atoms with Gasteiger partial charge in [-0.05, 0) is 31.0 Å². The molecule has 0 aromatic carbocycles. The highest BCUT2D eigenvalue weighted by atomic mass is 16.5. The third kappa shape index (κ3) is 3.32. The number of hydrogen-bond donors (Lipinski definition) is 1. The smallest absolute Gasteiger partial charge is 0.203 e. The second-order valence-electron chi connectivity index (χ2n) is 4.62. The van der Waals surface area contributed by atoms with Crippen LogP contribution in [0, 0.1) is 6.92 Å². The number of anilines is 1. The summed E-state index contributed by atoms with van der Waals surface area (Å²) in [5.41, 5.74) is 2.40. The Bertz CT molecular complexity index is 524. The molecule has 0 bridgehead atoms. The van der Waals surface area contributed by atoms with Crippen molar-refractivity contribution >= 4 is 5.95 Å². The maximum atomic E-state index is 5.18. The number of nitrogens with zero attached hydrogens (tertiary/aromatic N) is 3. The molecule has 2 heterocycles. The SMILES string of the molecule is COCC(C)n1ccnc1NCc1cnccc1C. The number of hydrogen-bond acceptors (Lipinski definition) is 4. The lowest BCUT2D eigenvalue weighted by molar-refractivity contribution is 0.163. The number of rotatable bonds is 6. The van der Waals surface area contributed by atoms with Crippen molar-refractivity contribution < 1.29 is 4.74 Å². The molecule has 2 aromatic rings. The number of nitrogens with one attached hydrogen (secondary N) is 1.